The van der Waals surface area contributed by atoms with Gasteiger partial charge in [0.1, 0.15) is 0 Å². The molecule has 2 heterocycles. The van der Waals surface area contributed by atoms with E-state index in [1.807, 2.05) is 24.3 Å². The molecule has 7 heteroatoms. The van der Waals surface area contributed by atoms with Crippen molar-refractivity contribution in [2.24, 2.45) is 0 Å². The van der Waals surface area contributed by atoms with Crippen molar-refractivity contribution in [2.45, 2.75) is 0 Å². The highest BCUT2D eigenvalue weighted by Crippen LogP contribution is 2.19. The van der Waals surface area contributed by atoms with Crippen molar-refractivity contribution in [3.8, 4) is 0 Å². The number of benzene rings is 2. The first-order chi connectivity index (χ1) is 10.2. The van der Waals surface area contributed by atoms with Crippen LogP contribution in [-0.4, -0.2) is 26.8 Å². The minimum Gasteiger partial charge on any atom is -0.179 e. The zero-order valence-electron chi connectivity index (χ0n) is 10.8. The first-order valence-electron chi connectivity index (χ1n) is 6.29. The third-order valence-corrected chi connectivity index (χ3v) is 4.78. The van der Waals surface area contributed by atoms with E-state index >= 15 is 0 Å². The largest absolute Gasteiger partial charge is 0.365 e. The van der Waals surface area contributed by atoms with Gasteiger partial charge in [-0.2, -0.15) is 18.6 Å². The quantitative estimate of drug-likeness (QED) is 0.568. The highest BCUT2D eigenvalue weighted by molar-refractivity contribution is 7.88. The minimum absolute atomic E-state index is 0.525. The van der Waals surface area contributed by atoms with Crippen LogP contribution < -0.4 is 0 Å². The molecule has 0 bridgehead atoms. The molecule has 21 heavy (non-hydrogen) atoms. The minimum atomic E-state index is -3.89. The second-order valence-corrected chi connectivity index (χ2v) is 6.19. The molecule has 0 aliphatic heterocycles. The van der Waals surface area contributed by atoms with Gasteiger partial charge in [0.15, 0.2) is 0 Å². The molecule has 0 saturated heterocycles. The van der Waals surface area contributed by atoms with E-state index in [0.717, 1.165) is 18.9 Å². The SMILES string of the molecule is O=S(=O)(n1ncc2ccccc21)n1ncc2ccccc21. The van der Waals surface area contributed by atoms with E-state index in [4.69, 9.17) is 0 Å². The predicted molar refractivity (Wildman–Crippen MR) is 79.2 cm³/mol. The summed E-state index contributed by atoms with van der Waals surface area (Å²) in [5.74, 6) is 0. The zero-order chi connectivity index (χ0) is 14.4. The lowest BCUT2D eigenvalue weighted by atomic mass is 10.3. The highest BCUT2D eigenvalue weighted by atomic mass is 32.2. The molecule has 0 saturated carbocycles. The predicted octanol–water partition coefficient (Wildman–Crippen LogP) is 2.03. The van der Waals surface area contributed by atoms with E-state index in [0.29, 0.717) is 11.0 Å². The Bertz CT molecular complexity index is 983. The summed E-state index contributed by atoms with van der Waals surface area (Å²) in [4.78, 5) is 0. The van der Waals surface area contributed by atoms with Gasteiger partial charge in [-0.1, -0.05) is 36.4 Å². The standard InChI is InChI=1S/C14H10N4O2S/c19-21(20,17-13-7-3-1-5-11(13)9-15-17)18-14-8-4-2-6-12(14)10-16-18/h1-10H. The lowest BCUT2D eigenvalue weighted by Crippen LogP contribution is -2.23. The van der Waals surface area contributed by atoms with E-state index in [9.17, 15) is 8.42 Å². The number of rotatable bonds is 2. The molecule has 0 aliphatic carbocycles. The number of para-hydroxylation sites is 2. The summed E-state index contributed by atoms with van der Waals surface area (Å²) >= 11 is 0. The molecule has 104 valence electrons. The summed E-state index contributed by atoms with van der Waals surface area (Å²) in [6.07, 6.45) is 3.05. The number of nitrogens with zero attached hydrogens (tertiary/aromatic N) is 4. The summed E-state index contributed by atoms with van der Waals surface area (Å²) in [6.45, 7) is 0. The molecular formula is C14H10N4O2S. The van der Waals surface area contributed by atoms with Crippen molar-refractivity contribution >= 4 is 32.0 Å². The van der Waals surface area contributed by atoms with Gasteiger partial charge in [0.2, 0.25) is 0 Å². The molecule has 4 aromatic rings. The van der Waals surface area contributed by atoms with Gasteiger partial charge in [-0.15, -0.1) is 8.17 Å². The maximum absolute atomic E-state index is 12.8. The van der Waals surface area contributed by atoms with Crippen LogP contribution in [0.5, 0.6) is 0 Å². The smallest absolute Gasteiger partial charge is 0.179 e. The normalized spacial score (nSPS) is 12.2. The molecule has 0 radical (unpaired) electrons. The summed E-state index contributed by atoms with van der Waals surface area (Å²) < 4.78 is 27.6. The first kappa shape index (κ1) is 12.1. The molecule has 0 fully saturated rings. The van der Waals surface area contributed by atoms with Crippen molar-refractivity contribution in [3.05, 3.63) is 60.9 Å². The Kier molecular flexibility index (Phi) is 2.40. The van der Waals surface area contributed by atoms with Gasteiger partial charge in [0.25, 0.3) is 0 Å². The fraction of sp³-hybridized carbons (Fsp3) is 0. The van der Waals surface area contributed by atoms with Crippen LogP contribution in [0.15, 0.2) is 60.9 Å². The van der Waals surface area contributed by atoms with Crippen LogP contribution in [0.4, 0.5) is 0 Å². The number of fused-ring (bicyclic) bond motifs is 2. The molecule has 2 aromatic heterocycles. The maximum Gasteiger partial charge on any atom is 0.365 e. The average Bonchev–Trinajstić information content (AvgIpc) is 3.12. The summed E-state index contributed by atoms with van der Waals surface area (Å²) in [7, 11) is -3.89. The Morgan fingerprint density at radius 3 is 1.62 bits per heavy atom. The Hall–Kier alpha value is -2.67. The van der Waals surface area contributed by atoms with Gasteiger partial charge < -0.3 is 0 Å². The van der Waals surface area contributed by atoms with Crippen molar-refractivity contribution in [1.29, 1.82) is 0 Å². The fourth-order valence-corrected chi connectivity index (χ4v) is 3.65. The molecule has 0 spiro atoms. The molecule has 6 nitrogen and oxygen atoms in total. The molecule has 0 aliphatic rings. The van der Waals surface area contributed by atoms with Crippen LogP contribution >= 0.6 is 0 Å². The third-order valence-electron chi connectivity index (χ3n) is 3.33. The van der Waals surface area contributed by atoms with E-state index in [2.05, 4.69) is 10.2 Å². The lowest BCUT2D eigenvalue weighted by Gasteiger charge is -2.06. The van der Waals surface area contributed by atoms with Gasteiger partial charge in [-0.3, -0.25) is 0 Å². The lowest BCUT2D eigenvalue weighted by molar-refractivity contribution is 0.568. The molecule has 0 amide bonds. The van der Waals surface area contributed by atoms with Crippen LogP contribution in [-0.2, 0) is 10.2 Å². The Balaban J connectivity index is 2.02. The van der Waals surface area contributed by atoms with Crippen molar-refractivity contribution in [3.63, 3.8) is 0 Å². The Morgan fingerprint density at radius 1 is 0.714 bits per heavy atom. The molecule has 4 rings (SSSR count). The number of hydrogen-bond acceptors (Lipinski definition) is 4. The summed E-state index contributed by atoms with van der Waals surface area (Å²) in [5.41, 5.74) is 1.05. The van der Waals surface area contributed by atoms with Crippen LogP contribution in [0.1, 0.15) is 0 Å². The Labute approximate surface area is 120 Å². The van der Waals surface area contributed by atoms with Gasteiger partial charge >= 0.3 is 10.2 Å². The van der Waals surface area contributed by atoms with Crippen molar-refractivity contribution in [2.75, 3.05) is 0 Å². The average molecular weight is 298 g/mol. The molecule has 0 N–H and O–H groups in total. The Morgan fingerprint density at radius 2 is 1.14 bits per heavy atom. The number of hydrogen-bond donors (Lipinski definition) is 0. The summed E-state index contributed by atoms with van der Waals surface area (Å²) in [5, 5.41) is 9.52. The molecule has 2 aromatic carbocycles. The van der Waals surface area contributed by atoms with E-state index in [-0.39, 0.29) is 0 Å². The second-order valence-electron chi connectivity index (χ2n) is 4.60. The third kappa shape index (κ3) is 1.67. The van der Waals surface area contributed by atoms with Gasteiger partial charge in [0, 0.05) is 10.8 Å². The molecule has 0 unspecified atom stereocenters. The molecular weight excluding hydrogens is 288 g/mol. The van der Waals surface area contributed by atoms with Crippen LogP contribution in [0.3, 0.4) is 0 Å². The number of aromatic nitrogens is 4. The first-order valence-corrected chi connectivity index (χ1v) is 7.69. The van der Waals surface area contributed by atoms with E-state index < -0.39 is 10.2 Å². The fourth-order valence-electron chi connectivity index (χ4n) is 2.34. The van der Waals surface area contributed by atoms with Crippen LogP contribution in [0.2, 0.25) is 0 Å². The van der Waals surface area contributed by atoms with Gasteiger partial charge in [-0.25, -0.2) is 0 Å². The van der Waals surface area contributed by atoms with Crippen molar-refractivity contribution in [1.82, 2.24) is 18.4 Å². The zero-order valence-corrected chi connectivity index (χ0v) is 11.6. The second kappa shape index (κ2) is 4.16. The topological polar surface area (TPSA) is 69.8 Å². The van der Waals surface area contributed by atoms with Gasteiger partial charge in [0.05, 0.1) is 23.4 Å². The van der Waals surface area contributed by atoms with E-state index in [1.54, 1.807) is 24.3 Å². The van der Waals surface area contributed by atoms with E-state index in [1.165, 1.54) is 12.4 Å². The monoisotopic (exact) mass is 298 g/mol. The van der Waals surface area contributed by atoms with Crippen LogP contribution in [0, 0.1) is 0 Å². The maximum atomic E-state index is 12.8. The highest BCUT2D eigenvalue weighted by Gasteiger charge is 2.22. The van der Waals surface area contributed by atoms with Gasteiger partial charge in [-0.05, 0) is 12.1 Å². The molecule has 0 atom stereocenters. The van der Waals surface area contributed by atoms with Crippen molar-refractivity contribution < 1.29 is 8.42 Å². The summed E-state index contributed by atoms with van der Waals surface area (Å²) in [6, 6.07) is 14.3. The van der Waals surface area contributed by atoms with Crippen LogP contribution in [0.25, 0.3) is 21.8 Å².